The fourth-order valence-electron chi connectivity index (χ4n) is 1.69. The number of esters is 1. The number of anilines is 1. The number of benzene rings is 2. The number of Topliss-reactive ketones (excluding diaryl/α,β-unsaturated/α-hetero) is 1. The van der Waals surface area contributed by atoms with Crippen LogP contribution in [-0.2, 0) is 4.74 Å². The third-order valence-corrected chi connectivity index (χ3v) is 3.31. The van der Waals surface area contributed by atoms with Gasteiger partial charge in [0.1, 0.15) is 0 Å². The number of hydrogen-bond acceptors (Lipinski definition) is 4. The van der Waals surface area contributed by atoms with Crippen LogP contribution in [0.1, 0.15) is 20.7 Å². The minimum atomic E-state index is -0.690. The number of nitrogens with two attached hydrogens (primary N) is 1. The maximum atomic E-state index is 11.9. The lowest BCUT2D eigenvalue weighted by atomic mass is 10.1. The highest BCUT2D eigenvalue weighted by Gasteiger charge is 2.15. The summed E-state index contributed by atoms with van der Waals surface area (Å²) in [6.07, 6.45) is 0. The molecule has 2 N–H and O–H groups in total. The average molecular weight is 324 g/mol. The van der Waals surface area contributed by atoms with E-state index >= 15 is 0 Å². The van der Waals surface area contributed by atoms with Crippen molar-refractivity contribution in [1.29, 1.82) is 0 Å². The van der Waals surface area contributed by atoms with Crippen LogP contribution in [0.15, 0.2) is 42.5 Å². The molecule has 0 bridgehead atoms. The second-order valence-corrected chi connectivity index (χ2v) is 5.05. The average Bonchev–Trinajstić information content (AvgIpc) is 2.45. The van der Waals surface area contributed by atoms with E-state index < -0.39 is 12.6 Å². The molecule has 0 spiro atoms. The number of ether oxygens (including phenoxy) is 1. The van der Waals surface area contributed by atoms with Gasteiger partial charge in [0, 0.05) is 16.3 Å². The molecule has 4 nitrogen and oxygen atoms in total. The van der Waals surface area contributed by atoms with Crippen LogP contribution in [0, 0.1) is 0 Å². The first-order valence-electron chi connectivity index (χ1n) is 5.99. The van der Waals surface area contributed by atoms with Gasteiger partial charge in [0.05, 0.1) is 10.6 Å². The molecule has 0 aliphatic heterocycles. The van der Waals surface area contributed by atoms with Crippen molar-refractivity contribution in [2.24, 2.45) is 0 Å². The Bertz CT molecular complexity index is 701. The Morgan fingerprint density at radius 2 is 1.76 bits per heavy atom. The van der Waals surface area contributed by atoms with E-state index in [0.717, 1.165) is 0 Å². The highest BCUT2D eigenvalue weighted by molar-refractivity contribution is 6.34. The number of rotatable bonds is 4. The predicted molar refractivity (Wildman–Crippen MR) is 81.9 cm³/mol. The van der Waals surface area contributed by atoms with Crippen molar-refractivity contribution >= 4 is 40.6 Å². The molecule has 2 aromatic carbocycles. The summed E-state index contributed by atoms with van der Waals surface area (Å²) in [4.78, 5) is 23.8. The number of carbonyl (C=O) groups excluding carboxylic acids is 2. The van der Waals surface area contributed by atoms with E-state index in [2.05, 4.69) is 0 Å². The zero-order valence-corrected chi connectivity index (χ0v) is 12.3. The van der Waals surface area contributed by atoms with Gasteiger partial charge in [-0.1, -0.05) is 35.3 Å². The summed E-state index contributed by atoms with van der Waals surface area (Å²) in [6.45, 7) is -0.412. The number of carbonyl (C=O) groups is 2. The number of nitrogen functional groups attached to an aromatic ring is 1. The fraction of sp³-hybridized carbons (Fsp3) is 0.0667. The first-order valence-corrected chi connectivity index (χ1v) is 6.74. The molecular formula is C15H11Cl2NO3. The van der Waals surface area contributed by atoms with Gasteiger partial charge in [-0.05, 0) is 30.3 Å². The van der Waals surface area contributed by atoms with E-state index in [9.17, 15) is 9.59 Å². The second-order valence-electron chi connectivity index (χ2n) is 4.21. The van der Waals surface area contributed by atoms with E-state index in [-0.39, 0.29) is 17.0 Å². The summed E-state index contributed by atoms with van der Waals surface area (Å²) >= 11 is 11.6. The molecule has 0 amide bonds. The topological polar surface area (TPSA) is 69.4 Å². The maximum absolute atomic E-state index is 11.9. The van der Waals surface area contributed by atoms with Gasteiger partial charge >= 0.3 is 5.97 Å². The lowest BCUT2D eigenvalue weighted by Gasteiger charge is -2.07. The van der Waals surface area contributed by atoms with Crippen molar-refractivity contribution in [2.45, 2.75) is 0 Å². The monoisotopic (exact) mass is 323 g/mol. The molecule has 0 aliphatic carbocycles. The van der Waals surface area contributed by atoms with Gasteiger partial charge in [-0.15, -0.1) is 0 Å². The lowest BCUT2D eigenvalue weighted by molar-refractivity contribution is 0.0476. The Balaban J connectivity index is 2.04. The van der Waals surface area contributed by atoms with Gasteiger partial charge in [-0.2, -0.15) is 0 Å². The van der Waals surface area contributed by atoms with Crippen molar-refractivity contribution in [3.05, 3.63) is 63.6 Å². The Hall–Kier alpha value is -2.04. The largest absolute Gasteiger partial charge is 0.454 e. The highest BCUT2D eigenvalue weighted by Crippen LogP contribution is 2.19. The SMILES string of the molecule is Nc1cc(Cl)ccc1C(=O)OCC(=O)c1ccccc1Cl. The quantitative estimate of drug-likeness (QED) is 0.530. The molecule has 0 heterocycles. The third-order valence-electron chi connectivity index (χ3n) is 2.74. The Labute approximate surface area is 131 Å². The molecule has 2 rings (SSSR count). The summed E-state index contributed by atoms with van der Waals surface area (Å²) in [6, 6.07) is 10.9. The molecule has 0 saturated heterocycles. The molecule has 0 atom stereocenters. The summed E-state index contributed by atoms with van der Waals surface area (Å²) in [7, 11) is 0. The van der Waals surface area contributed by atoms with E-state index in [1.165, 1.54) is 18.2 Å². The molecule has 0 fully saturated rings. The van der Waals surface area contributed by atoms with Gasteiger partial charge in [0.25, 0.3) is 0 Å². The Morgan fingerprint density at radius 3 is 2.43 bits per heavy atom. The van der Waals surface area contributed by atoms with Crippen molar-refractivity contribution in [3.63, 3.8) is 0 Å². The van der Waals surface area contributed by atoms with Crippen LogP contribution < -0.4 is 5.73 Å². The zero-order valence-electron chi connectivity index (χ0n) is 10.8. The molecule has 6 heteroatoms. The van der Waals surface area contributed by atoms with Crippen molar-refractivity contribution in [1.82, 2.24) is 0 Å². The van der Waals surface area contributed by atoms with Crippen LogP contribution in [0.25, 0.3) is 0 Å². The first kappa shape index (κ1) is 15.4. The van der Waals surface area contributed by atoms with Gasteiger partial charge in [0.15, 0.2) is 6.61 Å². The standard InChI is InChI=1S/C15H11Cl2NO3/c16-9-5-6-11(13(18)7-9)15(20)21-8-14(19)10-3-1-2-4-12(10)17/h1-7H,8,18H2. The molecule has 21 heavy (non-hydrogen) atoms. The van der Waals surface area contributed by atoms with Crippen LogP contribution in [0.4, 0.5) is 5.69 Å². The number of hydrogen-bond donors (Lipinski definition) is 1. The zero-order chi connectivity index (χ0) is 15.4. The highest BCUT2D eigenvalue weighted by atomic mass is 35.5. The molecule has 108 valence electrons. The minimum absolute atomic E-state index is 0.159. The minimum Gasteiger partial charge on any atom is -0.454 e. The van der Waals surface area contributed by atoms with E-state index in [4.69, 9.17) is 33.7 Å². The maximum Gasteiger partial charge on any atom is 0.340 e. The summed E-state index contributed by atoms with van der Waals surface area (Å²) < 4.78 is 4.95. The van der Waals surface area contributed by atoms with E-state index in [1.807, 2.05) is 0 Å². The molecule has 0 saturated carbocycles. The lowest BCUT2D eigenvalue weighted by Crippen LogP contribution is -2.15. The molecule has 0 aromatic heterocycles. The van der Waals surface area contributed by atoms with Gasteiger partial charge in [0.2, 0.25) is 5.78 Å². The van der Waals surface area contributed by atoms with E-state index in [0.29, 0.717) is 15.6 Å². The van der Waals surface area contributed by atoms with Crippen molar-refractivity contribution < 1.29 is 14.3 Å². The van der Waals surface area contributed by atoms with Crippen LogP contribution in [0.5, 0.6) is 0 Å². The van der Waals surface area contributed by atoms with E-state index in [1.54, 1.807) is 24.3 Å². The molecule has 0 radical (unpaired) electrons. The van der Waals surface area contributed by atoms with Crippen molar-refractivity contribution in [2.75, 3.05) is 12.3 Å². The second kappa shape index (κ2) is 6.61. The van der Waals surface area contributed by atoms with Crippen molar-refractivity contribution in [3.8, 4) is 0 Å². The first-order chi connectivity index (χ1) is 9.99. The van der Waals surface area contributed by atoms with Crippen LogP contribution in [0.3, 0.4) is 0 Å². The third kappa shape index (κ3) is 3.74. The summed E-state index contributed by atoms with van der Waals surface area (Å²) in [5.74, 6) is -1.08. The van der Waals surface area contributed by atoms with Crippen LogP contribution in [-0.4, -0.2) is 18.4 Å². The molecular weight excluding hydrogens is 313 g/mol. The number of halogens is 2. The molecule has 0 aliphatic rings. The van der Waals surface area contributed by atoms with Crippen LogP contribution >= 0.6 is 23.2 Å². The normalized spacial score (nSPS) is 10.2. The Kier molecular flexibility index (Phi) is 4.83. The predicted octanol–water partition coefficient (Wildman–Crippen LogP) is 3.62. The molecule has 0 unspecified atom stereocenters. The summed E-state index contributed by atoms with van der Waals surface area (Å²) in [5.41, 5.74) is 6.33. The van der Waals surface area contributed by atoms with Gasteiger partial charge < -0.3 is 10.5 Å². The number of ketones is 1. The smallest absolute Gasteiger partial charge is 0.340 e. The summed E-state index contributed by atoms with van der Waals surface area (Å²) in [5, 5.41) is 0.723. The van der Waals surface area contributed by atoms with Gasteiger partial charge in [-0.3, -0.25) is 4.79 Å². The fourth-order valence-corrected chi connectivity index (χ4v) is 2.12. The molecule has 2 aromatic rings. The van der Waals surface area contributed by atoms with Crippen LogP contribution in [0.2, 0.25) is 10.0 Å². The van der Waals surface area contributed by atoms with Gasteiger partial charge in [-0.25, -0.2) is 4.79 Å². The Morgan fingerprint density at radius 1 is 1.05 bits per heavy atom.